The molecule has 206 valence electrons. The number of para-hydroxylation sites is 2. The molecular formula is C30H36N4O4S. The van der Waals surface area contributed by atoms with Gasteiger partial charge in [-0.1, -0.05) is 42.0 Å². The molecule has 9 heteroatoms. The lowest BCUT2D eigenvalue weighted by molar-refractivity contribution is 0.0746. The van der Waals surface area contributed by atoms with Crippen molar-refractivity contribution < 1.29 is 17.9 Å². The zero-order valence-electron chi connectivity index (χ0n) is 22.6. The number of sulfonamides is 1. The van der Waals surface area contributed by atoms with E-state index in [2.05, 4.69) is 15.9 Å². The van der Waals surface area contributed by atoms with Crippen LogP contribution in [-0.4, -0.2) is 87.9 Å². The van der Waals surface area contributed by atoms with Gasteiger partial charge in [0.05, 0.1) is 17.7 Å². The standard InChI is InChI=1S/C30H36N4O4S/c1-24-7-13-27(14-8-24)39(36,37)34-21-15-31(16-22-34)23-25-9-11-26(12-10-25)30(35)33-19-17-32(18-20-33)28-5-3-4-6-29(28)38-2/h3-14H,15-23H2,1-2H3. The average Bonchev–Trinajstić information content (AvgIpc) is 2.98. The maximum absolute atomic E-state index is 13.1. The molecule has 8 nitrogen and oxygen atoms in total. The van der Waals surface area contributed by atoms with Gasteiger partial charge in [-0.25, -0.2) is 8.42 Å². The Bertz CT molecular complexity index is 1380. The summed E-state index contributed by atoms with van der Waals surface area (Å²) in [4.78, 5) is 19.9. The van der Waals surface area contributed by atoms with Gasteiger partial charge in [-0.3, -0.25) is 9.69 Å². The summed E-state index contributed by atoms with van der Waals surface area (Å²) in [6, 6.07) is 22.8. The van der Waals surface area contributed by atoms with E-state index in [-0.39, 0.29) is 5.91 Å². The van der Waals surface area contributed by atoms with E-state index in [1.165, 1.54) is 0 Å². The van der Waals surface area contributed by atoms with Crippen LogP contribution in [0.3, 0.4) is 0 Å². The Morgan fingerprint density at radius 1 is 0.795 bits per heavy atom. The van der Waals surface area contributed by atoms with Gasteiger partial charge in [0.1, 0.15) is 5.75 Å². The van der Waals surface area contributed by atoms with Gasteiger partial charge in [0.25, 0.3) is 5.91 Å². The Balaban J connectivity index is 1.12. The van der Waals surface area contributed by atoms with Crippen molar-refractivity contribution in [3.05, 3.63) is 89.5 Å². The van der Waals surface area contributed by atoms with Crippen LogP contribution in [-0.2, 0) is 16.6 Å². The van der Waals surface area contributed by atoms with Crippen LogP contribution in [0, 0.1) is 6.92 Å². The average molecular weight is 549 g/mol. The minimum absolute atomic E-state index is 0.0520. The van der Waals surface area contributed by atoms with E-state index in [1.54, 1.807) is 23.5 Å². The molecule has 1 amide bonds. The van der Waals surface area contributed by atoms with Crippen molar-refractivity contribution in [1.82, 2.24) is 14.1 Å². The molecule has 2 fully saturated rings. The van der Waals surface area contributed by atoms with E-state index >= 15 is 0 Å². The highest BCUT2D eigenvalue weighted by Crippen LogP contribution is 2.28. The van der Waals surface area contributed by atoms with E-state index in [1.807, 2.05) is 66.4 Å². The van der Waals surface area contributed by atoms with Gasteiger partial charge in [-0.2, -0.15) is 4.31 Å². The molecule has 2 heterocycles. The molecule has 0 bridgehead atoms. The van der Waals surface area contributed by atoms with Crippen molar-refractivity contribution in [2.75, 3.05) is 64.4 Å². The van der Waals surface area contributed by atoms with Gasteiger partial charge >= 0.3 is 0 Å². The zero-order valence-corrected chi connectivity index (χ0v) is 23.4. The molecule has 2 aliphatic rings. The van der Waals surface area contributed by atoms with Crippen LogP contribution in [0.15, 0.2) is 77.7 Å². The molecule has 3 aromatic carbocycles. The Morgan fingerprint density at radius 3 is 2.08 bits per heavy atom. The predicted octanol–water partition coefficient (Wildman–Crippen LogP) is 3.47. The Morgan fingerprint density at radius 2 is 1.44 bits per heavy atom. The topological polar surface area (TPSA) is 73.4 Å². The highest BCUT2D eigenvalue weighted by Gasteiger charge is 2.28. The van der Waals surface area contributed by atoms with Crippen molar-refractivity contribution in [2.24, 2.45) is 0 Å². The van der Waals surface area contributed by atoms with Gasteiger partial charge in [0.15, 0.2) is 0 Å². The molecule has 2 aliphatic heterocycles. The minimum Gasteiger partial charge on any atom is -0.495 e. The monoisotopic (exact) mass is 548 g/mol. The normalized spacial score (nSPS) is 17.3. The molecule has 0 spiro atoms. The van der Waals surface area contributed by atoms with Gasteiger partial charge in [0.2, 0.25) is 10.0 Å². The lowest BCUT2D eigenvalue weighted by atomic mass is 10.1. The third kappa shape index (κ3) is 6.11. The fourth-order valence-electron chi connectivity index (χ4n) is 5.22. The van der Waals surface area contributed by atoms with Crippen LogP contribution < -0.4 is 9.64 Å². The second kappa shape index (κ2) is 11.8. The second-order valence-corrected chi connectivity index (χ2v) is 12.1. The third-order valence-electron chi connectivity index (χ3n) is 7.59. The van der Waals surface area contributed by atoms with E-state index in [9.17, 15) is 13.2 Å². The van der Waals surface area contributed by atoms with Crippen LogP contribution in [0.1, 0.15) is 21.5 Å². The molecular weight excluding hydrogens is 512 g/mol. The number of hydrogen-bond donors (Lipinski definition) is 0. The number of rotatable bonds is 7. The van der Waals surface area contributed by atoms with E-state index < -0.39 is 10.0 Å². The number of hydrogen-bond acceptors (Lipinski definition) is 6. The van der Waals surface area contributed by atoms with Crippen molar-refractivity contribution in [3.63, 3.8) is 0 Å². The molecule has 0 radical (unpaired) electrons. The number of carbonyl (C=O) groups is 1. The quantitative estimate of drug-likeness (QED) is 0.450. The first-order chi connectivity index (χ1) is 18.8. The largest absolute Gasteiger partial charge is 0.495 e. The van der Waals surface area contributed by atoms with E-state index in [0.717, 1.165) is 42.2 Å². The summed E-state index contributed by atoms with van der Waals surface area (Å²) in [5.74, 6) is 0.901. The molecule has 5 rings (SSSR count). The fraction of sp³-hybridized carbons (Fsp3) is 0.367. The molecule has 39 heavy (non-hydrogen) atoms. The summed E-state index contributed by atoms with van der Waals surface area (Å²) in [7, 11) is -1.79. The Labute approximate surface area is 231 Å². The number of benzene rings is 3. The minimum atomic E-state index is -3.47. The molecule has 0 N–H and O–H groups in total. The number of piperazine rings is 2. The van der Waals surface area contributed by atoms with Crippen LogP contribution in [0.2, 0.25) is 0 Å². The third-order valence-corrected chi connectivity index (χ3v) is 9.50. The first-order valence-electron chi connectivity index (χ1n) is 13.4. The van der Waals surface area contributed by atoms with Gasteiger partial charge < -0.3 is 14.5 Å². The lowest BCUT2D eigenvalue weighted by Crippen LogP contribution is -2.49. The van der Waals surface area contributed by atoms with Gasteiger partial charge in [-0.15, -0.1) is 0 Å². The fourth-order valence-corrected chi connectivity index (χ4v) is 6.64. The van der Waals surface area contributed by atoms with Crippen LogP contribution in [0.5, 0.6) is 5.75 Å². The Hall–Kier alpha value is -3.40. The molecule has 3 aromatic rings. The smallest absolute Gasteiger partial charge is 0.253 e. The number of anilines is 1. The molecule has 0 aromatic heterocycles. The van der Waals surface area contributed by atoms with Crippen molar-refractivity contribution in [2.45, 2.75) is 18.4 Å². The summed E-state index contributed by atoms with van der Waals surface area (Å²) in [5.41, 5.74) is 3.91. The number of nitrogens with zero attached hydrogens (tertiary/aromatic N) is 4. The molecule has 0 aliphatic carbocycles. The highest BCUT2D eigenvalue weighted by atomic mass is 32.2. The summed E-state index contributed by atoms with van der Waals surface area (Å²) in [6.07, 6.45) is 0. The summed E-state index contributed by atoms with van der Waals surface area (Å²) in [6.45, 7) is 7.78. The molecule has 2 saturated heterocycles. The lowest BCUT2D eigenvalue weighted by Gasteiger charge is -2.36. The Kier molecular flexibility index (Phi) is 8.20. The summed E-state index contributed by atoms with van der Waals surface area (Å²) in [5, 5.41) is 0. The molecule has 0 unspecified atom stereocenters. The first kappa shape index (κ1) is 27.2. The number of carbonyl (C=O) groups excluding carboxylic acids is 1. The maximum Gasteiger partial charge on any atom is 0.253 e. The molecule has 0 atom stereocenters. The van der Waals surface area contributed by atoms with E-state index in [0.29, 0.717) is 49.7 Å². The number of ether oxygens (including phenoxy) is 1. The SMILES string of the molecule is COc1ccccc1N1CCN(C(=O)c2ccc(CN3CCN(S(=O)(=O)c4ccc(C)cc4)CC3)cc2)CC1. The van der Waals surface area contributed by atoms with Gasteiger partial charge in [0, 0.05) is 64.5 Å². The number of aryl methyl sites for hydroxylation is 1. The maximum atomic E-state index is 13.1. The number of methoxy groups -OCH3 is 1. The van der Waals surface area contributed by atoms with Crippen LogP contribution in [0.25, 0.3) is 0 Å². The van der Waals surface area contributed by atoms with Gasteiger partial charge in [-0.05, 0) is 48.9 Å². The summed E-state index contributed by atoms with van der Waals surface area (Å²) < 4.78 is 33.0. The van der Waals surface area contributed by atoms with E-state index in [4.69, 9.17) is 4.74 Å². The first-order valence-corrected chi connectivity index (χ1v) is 14.8. The highest BCUT2D eigenvalue weighted by molar-refractivity contribution is 7.89. The second-order valence-electron chi connectivity index (χ2n) is 10.1. The van der Waals surface area contributed by atoms with Crippen LogP contribution in [0.4, 0.5) is 5.69 Å². The van der Waals surface area contributed by atoms with Crippen molar-refractivity contribution >= 4 is 21.6 Å². The molecule has 0 saturated carbocycles. The summed E-state index contributed by atoms with van der Waals surface area (Å²) >= 11 is 0. The predicted molar refractivity (Wildman–Crippen MR) is 153 cm³/mol. The van der Waals surface area contributed by atoms with Crippen molar-refractivity contribution in [1.29, 1.82) is 0 Å². The van der Waals surface area contributed by atoms with Crippen molar-refractivity contribution in [3.8, 4) is 5.75 Å². The number of amides is 1. The van der Waals surface area contributed by atoms with Crippen LogP contribution >= 0.6 is 0 Å². The zero-order chi connectivity index (χ0) is 27.4.